The largest absolute Gasteiger partial charge is 0.479 e. The molecular formula is C11H17N3O3. The third kappa shape index (κ3) is 2.17. The molecule has 0 saturated carbocycles. The molecule has 0 aliphatic carbocycles. The van der Waals surface area contributed by atoms with Gasteiger partial charge in [-0.3, -0.25) is 0 Å². The van der Waals surface area contributed by atoms with E-state index >= 15 is 0 Å². The zero-order chi connectivity index (χ0) is 12.6. The molecule has 1 aromatic heterocycles. The van der Waals surface area contributed by atoms with Crippen LogP contribution < -0.4 is 0 Å². The van der Waals surface area contributed by atoms with E-state index < -0.39 is 12.1 Å². The number of aliphatic carboxylic acids is 1. The summed E-state index contributed by atoms with van der Waals surface area (Å²) >= 11 is 0. The maximum Gasteiger partial charge on any atom is 0.332 e. The molecule has 17 heavy (non-hydrogen) atoms. The molecule has 1 aliphatic heterocycles. The van der Waals surface area contributed by atoms with Crippen LogP contribution in [0.2, 0.25) is 0 Å². The molecular weight excluding hydrogens is 222 g/mol. The molecule has 2 rings (SSSR count). The normalized spacial score (nSPS) is 24.5. The fraction of sp³-hybridized carbons (Fsp3) is 0.727. The van der Waals surface area contributed by atoms with Gasteiger partial charge in [0, 0.05) is 6.04 Å². The molecule has 2 heterocycles. The lowest BCUT2D eigenvalue weighted by molar-refractivity contribution is -0.149. The number of carbonyl (C=O) groups is 1. The first-order valence-electron chi connectivity index (χ1n) is 5.80. The second-order valence-corrected chi connectivity index (χ2v) is 4.60. The molecule has 94 valence electrons. The van der Waals surface area contributed by atoms with Gasteiger partial charge >= 0.3 is 5.97 Å². The van der Waals surface area contributed by atoms with Gasteiger partial charge in [0.15, 0.2) is 11.9 Å². The Hall–Kier alpha value is -1.43. The lowest BCUT2D eigenvalue weighted by Gasteiger charge is -2.16. The Morgan fingerprint density at radius 3 is 2.71 bits per heavy atom. The molecule has 1 fully saturated rings. The highest BCUT2D eigenvalue weighted by Gasteiger charge is 2.34. The fourth-order valence-corrected chi connectivity index (χ4v) is 2.25. The van der Waals surface area contributed by atoms with Crippen LogP contribution in [0.3, 0.4) is 0 Å². The summed E-state index contributed by atoms with van der Waals surface area (Å²) in [6.45, 7) is 5.98. The van der Waals surface area contributed by atoms with E-state index in [0.717, 1.165) is 11.6 Å². The molecule has 0 spiro atoms. The summed E-state index contributed by atoms with van der Waals surface area (Å²) in [6, 6.07) is 0.243. The zero-order valence-corrected chi connectivity index (χ0v) is 10.3. The van der Waals surface area contributed by atoms with Crippen LogP contribution in [0.5, 0.6) is 0 Å². The van der Waals surface area contributed by atoms with Crippen LogP contribution in [0.4, 0.5) is 0 Å². The van der Waals surface area contributed by atoms with Crippen LogP contribution in [-0.4, -0.2) is 31.9 Å². The van der Waals surface area contributed by atoms with Crippen molar-refractivity contribution in [3.63, 3.8) is 0 Å². The van der Waals surface area contributed by atoms with E-state index in [0.29, 0.717) is 12.8 Å². The number of hydrogen-bond donors (Lipinski definition) is 1. The van der Waals surface area contributed by atoms with E-state index in [1.54, 1.807) is 0 Å². The van der Waals surface area contributed by atoms with Gasteiger partial charge in [-0.25, -0.2) is 4.79 Å². The molecule has 2 unspecified atom stereocenters. The van der Waals surface area contributed by atoms with E-state index in [9.17, 15) is 4.79 Å². The van der Waals surface area contributed by atoms with Crippen molar-refractivity contribution < 1.29 is 14.6 Å². The van der Waals surface area contributed by atoms with Gasteiger partial charge in [0.2, 0.25) is 0 Å². The van der Waals surface area contributed by atoms with Crippen LogP contribution in [0.15, 0.2) is 0 Å². The quantitative estimate of drug-likeness (QED) is 0.864. The number of ether oxygens (including phenoxy) is 1. The van der Waals surface area contributed by atoms with Crippen molar-refractivity contribution in [2.75, 3.05) is 0 Å². The van der Waals surface area contributed by atoms with Gasteiger partial charge < -0.3 is 14.4 Å². The molecule has 1 aromatic rings. The van der Waals surface area contributed by atoms with Crippen molar-refractivity contribution in [2.24, 2.45) is 0 Å². The predicted molar refractivity (Wildman–Crippen MR) is 59.6 cm³/mol. The fourth-order valence-electron chi connectivity index (χ4n) is 2.25. The highest BCUT2D eigenvalue weighted by molar-refractivity contribution is 5.72. The maximum atomic E-state index is 10.8. The van der Waals surface area contributed by atoms with E-state index in [2.05, 4.69) is 10.2 Å². The molecule has 0 radical (unpaired) electrons. The number of nitrogens with zero attached hydrogens (tertiary/aromatic N) is 3. The Morgan fingerprint density at radius 2 is 2.18 bits per heavy atom. The first-order valence-corrected chi connectivity index (χ1v) is 5.80. The minimum absolute atomic E-state index is 0.243. The Bertz CT molecular complexity index is 428. The van der Waals surface area contributed by atoms with Crippen molar-refractivity contribution in [3.8, 4) is 0 Å². The number of carboxylic acids is 1. The Morgan fingerprint density at radius 1 is 1.47 bits per heavy atom. The Kier molecular flexibility index (Phi) is 3.15. The minimum atomic E-state index is -0.903. The number of aryl methyl sites for hydroxylation is 1. The van der Waals surface area contributed by atoms with Gasteiger partial charge in [0.05, 0.1) is 0 Å². The zero-order valence-electron chi connectivity index (χ0n) is 10.3. The van der Waals surface area contributed by atoms with Crippen LogP contribution in [0, 0.1) is 6.92 Å². The minimum Gasteiger partial charge on any atom is -0.479 e. The summed E-state index contributed by atoms with van der Waals surface area (Å²) in [5.41, 5.74) is 0. The average Bonchev–Trinajstić information content (AvgIpc) is 2.82. The highest BCUT2D eigenvalue weighted by atomic mass is 16.5. The third-order valence-corrected chi connectivity index (χ3v) is 2.99. The molecule has 2 atom stereocenters. The van der Waals surface area contributed by atoms with Crippen LogP contribution >= 0.6 is 0 Å². The van der Waals surface area contributed by atoms with E-state index in [1.807, 2.05) is 25.3 Å². The van der Waals surface area contributed by atoms with Gasteiger partial charge in [-0.1, -0.05) is 0 Å². The lowest BCUT2D eigenvalue weighted by Crippen LogP contribution is -2.20. The molecule has 0 bridgehead atoms. The topological polar surface area (TPSA) is 77.2 Å². The third-order valence-electron chi connectivity index (χ3n) is 2.99. The second-order valence-electron chi connectivity index (χ2n) is 4.60. The summed E-state index contributed by atoms with van der Waals surface area (Å²) in [6.07, 6.45) is 0.253. The first-order chi connectivity index (χ1) is 8.00. The monoisotopic (exact) mass is 239 g/mol. The summed E-state index contributed by atoms with van der Waals surface area (Å²) < 4.78 is 7.49. The summed E-state index contributed by atoms with van der Waals surface area (Å²) in [4.78, 5) is 10.8. The smallest absolute Gasteiger partial charge is 0.332 e. The summed E-state index contributed by atoms with van der Waals surface area (Å²) in [7, 11) is 0. The van der Waals surface area contributed by atoms with Crippen molar-refractivity contribution in [1.29, 1.82) is 0 Å². The van der Waals surface area contributed by atoms with Gasteiger partial charge in [-0.2, -0.15) is 0 Å². The maximum absolute atomic E-state index is 10.8. The summed E-state index contributed by atoms with van der Waals surface area (Å²) in [5.74, 6) is 0.665. The van der Waals surface area contributed by atoms with Crippen molar-refractivity contribution in [3.05, 3.63) is 11.6 Å². The number of rotatable bonds is 3. The average molecular weight is 239 g/mol. The number of carboxylic acid groups (broad SMARTS) is 1. The highest BCUT2D eigenvalue weighted by Crippen LogP contribution is 2.33. The van der Waals surface area contributed by atoms with Gasteiger partial charge in [0.1, 0.15) is 11.9 Å². The lowest BCUT2D eigenvalue weighted by atomic mass is 10.2. The Labute approximate surface area is 99.6 Å². The Balaban J connectivity index is 2.22. The van der Waals surface area contributed by atoms with Crippen LogP contribution in [-0.2, 0) is 9.53 Å². The van der Waals surface area contributed by atoms with E-state index in [-0.39, 0.29) is 12.1 Å². The predicted octanol–water partition coefficient (Wildman–Crippen LogP) is 1.47. The standard InChI is InChI=1S/C11H17N3O3/c1-6(2)14-7(3)12-13-10(14)8-4-5-9(17-8)11(15)16/h6,8-9H,4-5H2,1-3H3,(H,15,16). The van der Waals surface area contributed by atoms with Crippen molar-refractivity contribution in [2.45, 2.75) is 51.9 Å². The van der Waals surface area contributed by atoms with Gasteiger partial charge in [0.25, 0.3) is 0 Å². The van der Waals surface area contributed by atoms with Gasteiger partial charge in [-0.05, 0) is 33.6 Å². The van der Waals surface area contributed by atoms with E-state index in [4.69, 9.17) is 9.84 Å². The first kappa shape index (κ1) is 12.0. The molecule has 0 aromatic carbocycles. The van der Waals surface area contributed by atoms with Crippen LogP contribution in [0.25, 0.3) is 0 Å². The molecule has 6 nitrogen and oxygen atoms in total. The molecule has 1 aliphatic rings. The molecule has 0 amide bonds. The van der Waals surface area contributed by atoms with Crippen LogP contribution in [0.1, 0.15) is 50.5 Å². The number of hydrogen-bond acceptors (Lipinski definition) is 4. The van der Waals surface area contributed by atoms with Crippen molar-refractivity contribution in [1.82, 2.24) is 14.8 Å². The molecule has 6 heteroatoms. The second kappa shape index (κ2) is 4.44. The van der Waals surface area contributed by atoms with Gasteiger partial charge in [-0.15, -0.1) is 10.2 Å². The number of aromatic nitrogens is 3. The molecule has 1 N–H and O–H groups in total. The SMILES string of the molecule is Cc1nnc(C2CCC(C(=O)O)O2)n1C(C)C. The summed E-state index contributed by atoms with van der Waals surface area (Å²) in [5, 5.41) is 17.0. The van der Waals surface area contributed by atoms with E-state index in [1.165, 1.54) is 0 Å². The van der Waals surface area contributed by atoms with Crippen molar-refractivity contribution >= 4 is 5.97 Å². The molecule has 1 saturated heterocycles.